The molecular formula is C52H31N3S2. The van der Waals surface area contributed by atoms with Gasteiger partial charge in [0.2, 0.25) is 0 Å². The van der Waals surface area contributed by atoms with Crippen LogP contribution in [0.3, 0.4) is 0 Å². The molecule has 0 aliphatic heterocycles. The third kappa shape index (κ3) is 5.17. The number of benzene rings is 8. The first-order valence-electron chi connectivity index (χ1n) is 19.1. The highest BCUT2D eigenvalue weighted by atomic mass is 32.1. The Kier molecular flexibility index (Phi) is 7.27. The monoisotopic (exact) mass is 761 g/mol. The Bertz CT molecular complexity index is 3520. The van der Waals surface area contributed by atoms with Crippen molar-refractivity contribution in [3.63, 3.8) is 0 Å². The summed E-state index contributed by atoms with van der Waals surface area (Å²) in [6, 6.07) is 67.6. The molecule has 0 unspecified atom stereocenters. The molecule has 0 amide bonds. The minimum absolute atomic E-state index is 0.696. The summed E-state index contributed by atoms with van der Waals surface area (Å²) in [5.41, 5.74) is 10.7. The Morgan fingerprint density at radius 1 is 0.368 bits per heavy atom. The van der Waals surface area contributed by atoms with Crippen LogP contribution in [0.2, 0.25) is 0 Å². The van der Waals surface area contributed by atoms with Crippen molar-refractivity contribution in [3.05, 3.63) is 188 Å². The highest BCUT2D eigenvalue weighted by Gasteiger charge is 2.19. The average molecular weight is 762 g/mol. The van der Waals surface area contributed by atoms with E-state index < -0.39 is 0 Å². The largest absolute Gasteiger partial charge is 0.309 e. The van der Waals surface area contributed by atoms with Crippen molar-refractivity contribution in [2.75, 3.05) is 0 Å². The topological polar surface area (TPSA) is 30.7 Å². The Labute approximate surface area is 336 Å². The second-order valence-corrected chi connectivity index (χ2v) is 16.7. The number of hydrogen-bond acceptors (Lipinski definition) is 4. The molecule has 12 rings (SSSR count). The van der Waals surface area contributed by atoms with Crippen molar-refractivity contribution in [2.45, 2.75) is 0 Å². The van der Waals surface area contributed by atoms with Crippen LogP contribution in [-0.4, -0.2) is 14.5 Å². The van der Waals surface area contributed by atoms with Gasteiger partial charge in [0, 0.05) is 73.5 Å². The molecule has 57 heavy (non-hydrogen) atoms. The first kappa shape index (κ1) is 32.3. The number of nitrogens with zero attached hydrogens (tertiary/aromatic N) is 3. The molecule has 3 nitrogen and oxygen atoms in total. The van der Waals surface area contributed by atoms with Gasteiger partial charge in [-0.3, -0.25) is 0 Å². The average Bonchev–Trinajstić information content (AvgIpc) is 3.96. The van der Waals surface area contributed by atoms with Gasteiger partial charge < -0.3 is 4.57 Å². The minimum atomic E-state index is 0.696. The Hall–Kier alpha value is -6.92. The number of para-hydroxylation sites is 1. The van der Waals surface area contributed by atoms with Gasteiger partial charge in [0.15, 0.2) is 5.82 Å². The molecule has 12 aromatic rings. The fourth-order valence-corrected chi connectivity index (χ4v) is 11.0. The molecule has 0 atom stereocenters. The molecule has 4 aromatic heterocycles. The Morgan fingerprint density at radius 2 is 1.02 bits per heavy atom. The minimum Gasteiger partial charge on any atom is -0.309 e. The first-order valence-corrected chi connectivity index (χ1v) is 20.8. The van der Waals surface area contributed by atoms with Gasteiger partial charge in [-0.15, -0.1) is 22.7 Å². The molecule has 0 N–H and O–H groups in total. The van der Waals surface area contributed by atoms with Gasteiger partial charge in [-0.1, -0.05) is 140 Å². The molecule has 0 saturated carbocycles. The molecule has 0 fully saturated rings. The third-order valence-electron chi connectivity index (χ3n) is 11.2. The summed E-state index contributed by atoms with van der Waals surface area (Å²) in [4.78, 5) is 10.7. The van der Waals surface area contributed by atoms with Crippen molar-refractivity contribution in [1.82, 2.24) is 14.5 Å². The van der Waals surface area contributed by atoms with E-state index in [0.717, 1.165) is 33.8 Å². The van der Waals surface area contributed by atoms with Crippen molar-refractivity contribution in [2.24, 2.45) is 0 Å². The van der Waals surface area contributed by atoms with E-state index in [9.17, 15) is 0 Å². The maximum absolute atomic E-state index is 5.39. The second-order valence-electron chi connectivity index (χ2n) is 14.5. The van der Waals surface area contributed by atoms with Crippen LogP contribution in [0.5, 0.6) is 0 Å². The van der Waals surface area contributed by atoms with Crippen LogP contribution in [0.25, 0.3) is 113 Å². The summed E-state index contributed by atoms with van der Waals surface area (Å²) in [6.07, 6.45) is 0. The molecule has 0 aliphatic carbocycles. The maximum atomic E-state index is 5.39. The molecule has 8 aromatic carbocycles. The summed E-state index contributed by atoms with van der Waals surface area (Å²) < 4.78 is 7.54. The smallest absolute Gasteiger partial charge is 0.160 e. The van der Waals surface area contributed by atoms with E-state index in [-0.39, 0.29) is 0 Å². The van der Waals surface area contributed by atoms with E-state index in [1.165, 1.54) is 73.3 Å². The number of hydrogen-bond donors (Lipinski definition) is 0. The normalized spacial score (nSPS) is 11.9. The van der Waals surface area contributed by atoms with Crippen molar-refractivity contribution in [3.8, 4) is 50.7 Å². The van der Waals surface area contributed by atoms with E-state index >= 15 is 0 Å². The van der Waals surface area contributed by atoms with E-state index in [1.54, 1.807) is 0 Å². The summed E-state index contributed by atoms with van der Waals surface area (Å²) in [6.45, 7) is 0. The lowest BCUT2D eigenvalue weighted by Crippen LogP contribution is -1.98. The zero-order valence-corrected chi connectivity index (χ0v) is 32.2. The molecule has 0 bridgehead atoms. The highest BCUT2D eigenvalue weighted by molar-refractivity contribution is 7.26. The van der Waals surface area contributed by atoms with E-state index in [4.69, 9.17) is 9.97 Å². The molecule has 0 aliphatic rings. The van der Waals surface area contributed by atoms with Gasteiger partial charge in [0.1, 0.15) is 0 Å². The van der Waals surface area contributed by atoms with Gasteiger partial charge in [-0.05, 0) is 59.7 Å². The molecule has 266 valence electrons. The lowest BCUT2D eigenvalue weighted by atomic mass is 10.0. The van der Waals surface area contributed by atoms with Gasteiger partial charge in [0.25, 0.3) is 0 Å². The summed E-state index contributed by atoms with van der Waals surface area (Å²) in [5, 5.41) is 7.71. The summed E-state index contributed by atoms with van der Waals surface area (Å²) in [7, 11) is 0. The molecular weight excluding hydrogens is 731 g/mol. The first-order chi connectivity index (χ1) is 28.2. The van der Waals surface area contributed by atoms with Crippen LogP contribution in [-0.2, 0) is 0 Å². The van der Waals surface area contributed by atoms with Crippen LogP contribution in [0, 0.1) is 0 Å². The summed E-state index contributed by atoms with van der Waals surface area (Å²) >= 11 is 3.69. The summed E-state index contributed by atoms with van der Waals surface area (Å²) in [5.74, 6) is 0.696. The van der Waals surface area contributed by atoms with E-state index in [0.29, 0.717) is 5.82 Å². The standard InChI is InChI=1S/C52H31N3S2/c1-2-12-32(13-3-1)33-24-26-34(27-25-33)42-31-43(39-20-11-19-38-37-16-5-8-22-46(37)57-51(38)39)54-52(53-42)35-14-10-15-36(30-35)55-44-21-7-4-17-40(44)49-45(55)28-29-48-50(49)41-18-6-9-23-47(41)56-48/h1-31H. The lowest BCUT2D eigenvalue weighted by Gasteiger charge is -2.13. The van der Waals surface area contributed by atoms with Crippen molar-refractivity contribution in [1.29, 1.82) is 0 Å². The van der Waals surface area contributed by atoms with Crippen LogP contribution in [0.15, 0.2) is 188 Å². The van der Waals surface area contributed by atoms with Crippen LogP contribution in [0.1, 0.15) is 0 Å². The zero-order chi connectivity index (χ0) is 37.5. The number of fused-ring (bicyclic) bond motifs is 10. The van der Waals surface area contributed by atoms with Gasteiger partial charge in [0.05, 0.1) is 22.4 Å². The molecule has 0 spiro atoms. The predicted octanol–water partition coefficient (Wildman–Crippen LogP) is 15.0. The zero-order valence-electron chi connectivity index (χ0n) is 30.6. The predicted molar refractivity (Wildman–Crippen MR) is 244 cm³/mol. The Morgan fingerprint density at radius 3 is 1.88 bits per heavy atom. The molecule has 0 saturated heterocycles. The highest BCUT2D eigenvalue weighted by Crippen LogP contribution is 2.44. The number of aromatic nitrogens is 3. The lowest BCUT2D eigenvalue weighted by molar-refractivity contribution is 1.16. The van der Waals surface area contributed by atoms with Crippen LogP contribution in [0.4, 0.5) is 0 Å². The third-order valence-corrected chi connectivity index (χ3v) is 13.6. The van der Waals surface area contributed by atoms with Gasteiger partial charge >= 0.3 is 0 Å². The number of thiophene rings is 2. The van der Waals surface area contributed by atoms with Crippen molar-refractivity contribution >= 4 is 84.8 Å². The van der Waals surface area contributed by atoms with E-state index in [1.807, 2.05) is 22.7 Å². The van der Waals surface area contributed by atoms with Gasteiger partial charge in [-0.2, -0.15) is 0 Å². The quantitative estimate of drug-likeness (QED) is 0.175. The SMILES string of the molecule is c1ccc(-c2ccc(-c3cc(-c4cccc5c4sc4ccccc45)nc(-c4cccc(-n5c6ccccc6c6c7c(ccc65)sc5ccccc57)c4)n3)cc2)cc1. The van der Waals surface area contributed by atoms with Crippen LogP contribution < -0.4 is 0 Å². The van der Waals surface area contributed by atoms with E-state index in [2.05, 4.69) is 193 Å². The van der Waals surface area contributed by atoms with Gasteiger partial charge in [-0.25, -0.2) is 9.97 Å². The number of rotatable bonds is 5. The molecule has 0 radical (unpaired) electrons. The maximum Gasteiger partial charge on any atom is 0.160 e. The molecule has 5 heteroatoms. The Balaban J connectivity index is 1.06. The van der Waals surface area contributed by atoms with Crippen LogP contribution >= 0.6 is 22.7 Å². The fourth-order valence-electron chi connectivity index (χ4n) is 8.61. The second kappa shape index (κ2) is 12.8. The van der Waals surface area contributed by atoms with Crippen molar-refractivity contribution < 1.29 is 0 Å². The fraction of sp³-hybridized carbons (Fsp3) is 0. The molecule has 4 heterocycles.